The Kier molecular flexibility index (Phi) is 16.6. The standard InChI is InChI=1S/C13H16F3N3O4.C3H8NO5P.C2H5NO2/c1-3-5-17(6-4-2)12-10(18(20)21)7-9(13(14,15)16)8-11(12)19(22)23;5-3(6)1-4-2-10(7,8)9;3-1-2(4)5/h7-8H,3-6H2,1-2H3;4H,1-2H2,(H,5,6)(H2,7,8,9);1,3H2,(H,4,5). The zero-order valence-corrected chi connectivity index (χ0v) is 21.1. The minimum Gasteiger partial charge on any atom is -0.480 e. The predicted octanol–water partition coefficient (Wildman–Crippen LogP) is 1.97. The van der Waals surface area contributed by atoms with E-state index in [1.54, 1.807) is 13.8 Å². The smallest absolute Gasteiger partial charge is 0.416 e. The molecular weight excluding hydrogens is 550 g/mol. The fraction of sp³-hybridized carbons (Fsp3) is 0.556. The molecule has 0 amide bonds. The van der Waals surface area contributed by atoms with Crippen molar-refractivity contribution < 1.29 is 57.2 Å². The Morgan fingerprint density at radius 2 is 1.42 bits per heavy atom. The van der Waals surface area contributed by atoms with Crippen molar-refractivity contribution in [3.05, 3.63) is 37.9 Å². The molecule has 0 saturated carbocycles. The number of nitro groups is 2. The summed E-state index contributed by atoms with van der Waals surface area (Å²) in [5, 5.41) is 40.0. The van der Waals surface area contributed by atoms with E-state index in [2.05, 4.69) is 11.1 Å². The fourth-order valence-electron chi connectivity index (χ4n) is 2.55. The monoisotopic (exact) mass is 579 g/mol. The molecule has 0 bridgehead atoms. The molecule has 0 aliphatic heterocycles. The molecule has 0 spiro atoms. The van der Waals surface area contributed by atoms with Crippen LogP contribution in [-0.2, 0) is 20.3 Å². The van der Waals surface area contributed by atoms with Crippen molar-refractivity contribution in [2.75, 3.05) is 37.4 Å². The lowest BCUT2D eigenvalue weighted by Crippen LogP contribution is -2.27. The lowest BCUT2D eigenvalue weighted by Gasteiger charge is -2.23. The SMILES string of the molecule is CCCN(CCC)c1c([N+](=O)[O-])cc(C(F)(F)F)cc1[N+](=O)[O-].NCC(=O)O.O=C(O)CNCP(=O)(O)O. The van der Waals surface area contributed by atoms with E-state index >= 15 is 0 Å². The number of benzene rings is 1. The maximum atomic E-state index is 12.8. The van der Waals surface area contributed by atoms with Crippen LogP contribution in [0.5, 0.6) is 0 Å². The van der Waals surface area contributed by atoms with E-state index in [-0.39, 0.29) is 25.3 Å². The Hall–Kier alpha value is -3.38. The van der Waals surface area contributed by atoms with Gasteiger partial charge >= 0.3 is 25.7 Å². The molecule has 218 valence electrons. The van der Waals surface area contributed by atoms with Crippen molar-refractivity contribution in [1.29, 1.82) is 0 Å². The van der Waals surface area contributed by atoms with E-state index in [0.29, 0.717) is 25.0 Å². The lowest BCUT2D eigenvalue weighted by molar-refractivity contribution is -0.393. The number of rotatable bonds is 12. The van der Waals surface area contributed by atoms with Crippen LogP contribution >= 0.6 is 7.60 Å². The lowest BCUT2D eigenvalue weighted by atomic mass is 10.1. The summed E-state index contributed by atoms with van der Waals surface area (Å²) >= 11 is 0. The average molecular weight is 579 g/mol. The highest BCUT2D eigenvalue weighted by molar-refractivity contribution is 7.51. The van der Waals surface area contributed by atoms with Gasteiger partial charge in [0.05, 0.1) is 34.8 Å². The van der Waals surface area contributed by atoms with Gasteiger partial charge in [-0.2, -0.15) is 13.2 Å². The van der Waals surface area contributed by atoms with Crippen LogP contribution in [0.4, 0.5) is 30.2 Å². The normalized spacial score (nSPS) is 10.8. The number of carboxylic acid groups (broad SMARTS) is 2. The number of aliphatic carboxylic acids is 2. The van der Waals surface area contributed by atoms with Gasteiger partial charge in [-0.1, -0.05) is 13.8 Å². The van der Waals surface area contributed by atoms with Gasteiger partial charge in [-0.25, -0.2) is 0 Å². The number of nitrogens with one attached hydrogen (secondary N) is 1. The highest BCUT2D eigenvalue weighted by Crippen LogP contribution is 2.43. The van der Waals surface area contributed by atoms with Gasteiger partial charge in [-0.15, -0.1) is 0 Å². The van der Waals surface area contributed by atoms with E-state index in [9.17, 15) is 47.6 Å². The van der Waals surface area contributed by atoms with Crippen molar-refractivity contribution in [2.45, 2.75) is 32.9 Å². The maximum Gasteiger partial charge on any atom is 0.416 e. The van der Waals surface area contributed by atoms with E-state index in [1.165, 1.54) is 4.90 Å². The Labute approximate surface area is 213 Å². The maximum absolute atomic E-state index is 12.8. The van der Waals surface area contributed by atoms with Crippen molar-refractivity contribution in [2.24, 2.45) is 5.73 Å². The van der Waals surface area contributed by atoms with Crippen LogP contribution in [0.15, 0.2) is 12.1 Å². The van der Waals surface area contributed by atoms with Crippen LogP contribution < -0.4 is 16.0 Å². The Balaban J connectivity index is 0. The van der Waals surface area contributed by atoms with Crippen molar-refractivity contribution in [1.82, 2.24) is 5.32 Å². The van der Waals surface area contributed by atoms with E-state index in [0.717, 1.165) is 0 Å². The molecule has 1 aromatic rings. The molecule has 0 heterocycles. The van der Waals surface area contributed by atoms with Gasteiger partial charge < -0.3 is 30.6 Å². The van der Waals surface area contributed by atoms with Crippen molar-refractivity contribution >= 4 is 36.6 Å². The largest absolute Gasteiger partial charge is 0.480 e. The number of hydrogen-bond acceptors (Lipinski definition) is 10. The van der Waals surface area contributed by atoms with Gasteiger partial charge in [0.2, 0.25) is 0 Å². The number of carbonyl (C=O) groups is 2. The molecule has 20 heteroatoms. The topological polar surface area (TPSA) is 260 Å². The summed E-state index contributed by atoms with van der Waals surface area (Å²) in [6, 6.07) is 0.696. The first-order valence-corrected chi connectivity index (χ1v) is 12.3. The second-order valence-corrected chi connectivity index (χ2v) is 8.75. The molecule has 0 unspecified atom stereocenters. The average Bonchev–Trinajstić information content (AvgIpc) is 2.77. The summed E-state index contributed by atoms with van der Waals surface area (Å²) in [4.78, 5) is 57.1. The quantitative estimate of drug-likeness (QED) is 0.118. The second-order valence-electron chi connectivity index (χ2n) is 7.10. The number of nitrogens with two attached hydrogens (primary N) is 1. The molecule has 0 fully saturated rings. The van der Waals surface area contributed by atoms with Gasteiger partial charge in [0.1, 0.15) is 0 Å². The molecule has 7 N–H and O–H groups in total. The van der Waals surface area contributed by atoms with Crippen LogP contribution in [0, 0.1) is 20.2 Å². The number of hydrogen-bond donors (Lipinski definition) is 6. The predicted molar refractivity (Wildman–Crippen MR) is 127 cm³/mol. The van der Waals surface area contributed by atoms with Crippen LogP contribution in [0.25, 0.3) is 0 Å². The molecule has 0 radical (unpaired) electrons. The first kappa shape index (κ1) is 36.8. The summed E-state index contributed by atoms with van der Waals surface area (Å²) in [5.74, 6) is -2.11. The molecule has 1 aromatic carbocycles. The summed E-state index contributed by atoms with van der Waals surface area (Å²) in [5.41, 5.74) is 0.966. The summed E-state index contributed by atoms with van der Waals surface area (Å²) in [6.45, 7) is 3.35. The first-order valence-electron chi connectivity index (χ1n) is 10.5. The number of nitro benzene ring substituents is 2. The molecular formula is C18H29F3N5O11P. The van der Waals surface area contributed by atoms with Crippen LogP contribution in [0.1, 0.15) is 32.3 Å². The number of halogens is 3. The van der Waals surface area contributed by atoms with Crippen LogP contribution in [0.2, 0.25) is 0 Å². The van der Waals surface area contributed by atoms with E-state index in [4.69, 9.17) is 20.0 Å². The molecule has 0 aliphatic rings. The Bertz CT molecular complexity index is 964. The van der Waals surface area contributed by atoms with Crippen LogP contribution in [0.3, 0.4) is 0 Å². The first-order chi connectivity index (χ1) is 17.3. The van der Waals surface area contributed by atoms with Gasteiger partial charge in [0.15, 0.2) is 5.69 Å². The fourth-order valence-corrected chi connectivity index (χ4v) is 2.96. The molecule has 1 rings (SSSR count). The molecule has 0 saturated heterocycles. The van der Waals surface area contributed by atoms with Crippen molar-refractivity contribution in [3.8, 4) is 0 Å². The third-order valence-electron chi connectivity index (χ3n) is 3.86. The van der Waals surface area contributed by atoms with Gasteiger partial charge in [-0.05, 0) is 12.8 Å². The summed E-state index contributed by atoms with van der Waals surface area (Å²) < 4.78 is 48.6. The molecule has 0 atom stereocenters. The van der Waals surface area contributed by atoms with Crippen LogP contribution in [-0.4, -0.2) is 74.2 Å². The molecule has 38 heavy (non-hydrogen) atoms. The zero-order chi connectivity index (χ0) is 30.3. The zero-order valence-electron chi connectivity index (χ0n) is 20.3. The number of carboxylic acids is 2. The molecule has 16 nitrogen and oxygen atoms in total. The minimum absolute atomic E-state index is 0.265. The minimum atomic E-state index is -4.91. The Morgan fingerprint density at radius 1 is 1.03 bits per heavy atom. The third kappa shape index (κ3) is 15.7. The highest BCUT2D eigenvalue weighted by atomic mass is 31.2. The molecule has 0 aromatic heterocycles. The third-order valence-corrected chi connectivity index (χ3v) is 4.50. The second kappa shape index (κ2) is 17.2. The summed E-state index contributed by atoms with van der Waals surface area (Å²) in [7, 11) is -4.10. The van der Waals surface area contributed by atoms with Crippen molar-refractivity contribution in [3.63, 3.8) is 0 Å². The summed E-state index contributed by atoms with van der Waals surface area (Å²) in [6.07, 6.45) is -4.43. The van der Waals surface area contributed by atoms with Gasteiger partial charge in [-0.3, -0.25) is 39.7 Å². The van der Waals surface area contributed by atoms with Gasteiger partial charge in [0, 0.05) is 25.2 Å². The highest BCUT2D eigenvalue weighted by Gasteiger charge is 2.39. The number of anilines is 1. The van der Waals surface area contributed by atoms with E-state index in [1.807, 2.05) is 0 Å². The Morgan fingerprint density at radius 3 is 1.66 bits per heavy atom. The van der Waals surface area contributed by atoms with E-state index < -0.39 is 65.3 Å². The van der Waals surface area contributed by atoms with Gasteiger partial charge in [0.25, 0.3) is 11.4 Å². The molecule has 0 aliphatic carbocycles. The number of alkyl halides is 3. The number of nitrogens with zero attached hydrogens (tertiary/aromatic N) is 3.